The molecule has 0 bridgehead atoms. The van der Waals surface area contributed by atoms with E-state index in [0.29, 0.717) is 0 Å². The van der Waals surface area contributed by atoms with Crippen molar-refractivity contribution in [2.75, 3.05) is 13.7 Å². The van der Waals surface area contributed by atoms with Gasteiger partial charge in [-0.1, -0.05) is 26.2 Å². The van der Waals surface area contributed by atoms with Crippen molar-refractivity contribution < 1.29 is 30.7 Å². The maximum absolute atomic E-state index is 5.83. The Balaban J connectivity index is 1.94. The smallest absolute Gasteiger partial charge is 0.358 e. The summed E-state index contributed by atoms with van der Waals surface area (Å²) in [6.45, 7) is 7.41. The first-order valence-corrected chi connectivity index (χ1v) is 10.8. The van der Waals surface area contributed by atoms with Crippen molar-refractivity contribution in [3.63, 3.8) is 0 Å². The number of halogens is 1. The van der Waals surface area contributed by atoms with Gasteiger partial charge < -0.3 is 9.47 Å². The van der Waals surface area contributed by atoms with E-state index in [1.54, 1.807) is 7.11 Å². The van der Waals surface area contributed by atoms with Crippen molar-refractivity contribution in [3.05, 3.63) is 54.7 Å². The highest BCUT2D eigenvalue weighted by Crippen LogP contribution is 2.16. The van der Waals surface area contributed by atoms with Crippen LogP contribution in [0.25, 0.3) is 0 Å². The summed E-state index contributed by atoms with van der Waals surface area (Å²) in [5.41, 5.74) is 2.66. The third kappa shape index (κ3) is 5.69. The zero-order valence-electron chi connectivity index (χ0n) is 15.2. The molecule has 0 aromatic heterocycles. The molecule has 0 radical (unpaired) electrons. The zero-order valence-corrected chi connectivity index (χ0v) is 17.4. The lowest BCUT2D eigenvalue weighted by Gasteiger charge is -2.05. The molecule has 2 nitrogen and oxygen atoms in total. The summed E-state index contributed by atoms with van der Waals surface area (Å²) in [7, 11) is 1.73. The molecule has 0 heterocycles. The third-order valence-electron chi connectivity index (χ3n) is 3.93. The Kier molecular flexibility index (Phi) is 7.89. The van der Waals surface area contributed by atoms with Gasteiger partial charge in [-0.2, -0.15) is 0 Å². The second kappa shape index (κ2) is 9.92. The fourth-order valence-corrected chi connectivity index (χ4v) is 5.10. The average molecular weight is 439 g/mol. The Bertz CT molecular complexity index is 612. The van der Waals surface area contributed by atoms with Crippen molar-refractivity contribution in [1.82, 2.24) is 0 Å². The molecule has 2 aromatic rings. The maximum atomic E-state index is 5.83. The minimum Gasteiger partial charge on any atom is -0.497 e. The molecule has 0 aliphatic carbocycles. The standard InChI is InChI=1S/C21H28IO2/c1-5-6-7-8-13-24-19-11-9-18(10-12-19)22-21-16(2)14-20(23-4)15-17(21)3/h9-12,14-15H,5-8,13H2,1-4H3/q+1. The molecule has 0 aliphatic heterocycles. The Morgan fingerprint density at radius 3 is 2.12 bits per heavy atom. The fraction of sp³-hybridized carbons (Fsp3) is 0.429. The molecule has 0 amide bonds. The zero-order chi connectivity index (χ0) is 17.4. The molecule has 0 spiro atoms. The predicted octanol–water partition coefficient (Wildman–Crippen LogP) is 2.40. The SMILES string of the molecule is CCCCCCOc1ccc([I+]c2c(C)cc(OC)cc2C)cc1. The molecule has 0 aliphatic rings. The number of unbranched alkanes of at least 4 members (excludes halogenated alkanes) is 3. The van der Waals surface area contributed by atoms with Crippen LogP contribution < -0.4 is 30.7 Å². The fourth-order valence-electron chi connectivity index (χ4n) is 2.59. The summed E-state index contributed by atoms with van der Waals surface area (Å²) in [5.74, 6) is 1.94. The van der Waals surface area contributed by atoms with Crippen LogP contribution in [-0.2, 0) is 0 Å². The van der Waals surface area contributed by atoms with E-state index in [0.717, 1.165) is 24.5 Å². The lowest BCUT2D eigenvalue weighted by atomic mass is 10.1. The van der Waals surface area contributed by atoms with Crippen LogP contribution in [0.2, 0.25) is 0 Å². The van der Waals surface area contributed by atoms with E-state index in [1.807, 2.05) is 0 Å². The van der Waals surface area contributed by atoms with Crippen LogP contribution in [0.1, 0.15) is 43.7 Å². The molecule has 24 heavy (non-hydrogen) atoms. The van der Waals surface area contributed by atoms with Gasteiger partial charge >= 0.3 is 21.2 Å². The molecule has 130 valence electrons. The van der Waals surface area contributed by atoms with Crippen LogP contribution in [-0.4, -0.2) is 13.7 Å². The number of aryl methyl sites for hydroxylation is 2. The molecular weight excluding hydrogens is 411 g/mol. The molecule has 0 N–H and O–H groups in total. The highest BCUT2D eigenvalue weighted by atomic mass is 127. The molecule has 2 rings (SSSR count). The second-order valence-electron chi connectivity index (χ2n) is 6.03. The molecule has 0 atom stereocenters. The van der Waals surface area contributed by atoms with Gasteiger partial charge in [0.15, 0.2) is 7.14 Å². The number of methoxy groups -OCH3 is 1. The van der Waals surface area contributed by atoms with Gasteiger partial charge in [0.2, 0.25) is 0 Å². The van der Waals surface area contributed by atoms with Gasteiger partial charge in [0, 0.05) is 11.1 Å². The summed E-state index contributed by atoms with van der Waals surface area (Å²) in [6.07, 6.45) is 4.97. The number of rotatable bonds is 9. The quantitative estimate of drug-likeness (QED) is 0.442. The molecule has 0 unspecified atom stereocenters. The monoisotopic (exact) mass is 439 g/mol. The molecule has 0 saturated carbocycles. The first-order chi connectivity index (χ1) is 11.6. The van der Waals surface area contributed by atoms with E-state index < -0.39 is 0 Å². The van der Waals surface area contributed by atoms with Crippen LogP contribution in [0, 0.1) is 21.0 Å². The molecule has 0 fully saturated rings. The minimum atomic E-state index is -0.179. The van der Waals surface area contributed by atoms with E-state index in [4.69, 9.17) is 9.47 Å². The Morgan fingerprint density at radius 1 is 0.875 bits per heavy atom. The highest BCUT2D eigenvalue weighted by molar-refractivity contribution is 5.32. The number of ether oxygens (including phenoxy) is 2. The minimum absolute atomic E-state index is 0.179. The lowest BCUT2D eigenvalue weighted by molar-refractivity contribution is -0.598. The summed E-state index contributed by atoms with van der Waals surface area (Å²) in [4.78, 5) is 0. The summed E-state index contributed by atoms with van der Waals surface area (Å²) in [5, 5.41) is 0. The van der Waals surface area contributed by atoms with Gasteiger partial charge in [0.05, 0.1) is 13.7 Å². The van der Waals surface area contributed by atoms with Crippen molar-refractivity contribution in [2.24, 2.45) is 0 Å². The molecule has 3 heteroatoms. The first kappa shape index (κ1) is 19.1. The van der Waals surface area contributed by atoms with Crippen molar-refractivity contribution >= 4 is 0 Å². The van der Waals surface area contributed by atoms with E-state index >= 15 is 0 Å². The van der Waals surface area contributed by atoms with Gasteiger partial charge in [-0.15, -0.1) is 0 Å². The Morgan fingerprint density at radius 2 is 1.54 bits per heavy atom. The molecular formula is C21H28IO2+. The van der Waals surface area contributed by atoms with E-state index in [1.165, 1.54) is 37.5 Å². The summed E-state index contributed by atoms with van der Waals surface area (Å²) >= 11 is -0.179. The molecule has 0 saturated heterocycles. The number of hydrogen-bond donors (Lipinski definition) is 0. The van der Waals surface area contributed by atoms with Crippen LogP contribution >= 0.6 is 0 Å². The van der Waals surface area contributed by atoms with E-state index in [9.17, 15) is 0 Å². The van der Waals surface area contributed by atoms with Gasteiger partial charge in [0.1, 0.15) is 11.5 Å². The van der Waals surface area contributed by atoms with Crippen molar-refractivity contribution in [1.29, 1.82) is 0 Å². The summed E-state index contributed by atoms with van der Waals surface area (Å²) < 4.78 is 14.1. The van der Waals surface area contributed by atoms with Crippen LogP contribution in [0.5, 0.6) is 11.5 Å². The normalized spacial score (nSPS) is 10.7. The second-order valence-corrected chi connectivity index (χ2v) is 8.90. The number of hydrogen-bond acceptors (Lipinski definition) is 2. The van der Waals surface area contributed by atoms with Gasteiger partial charge in [0.25, 0.3) is 0 Å². The Labute approximate surface area is 156 Å². The third-order valence-corrected chi connectivity index (χ3v) is 7.51. The van der Waals surface area contributed by atoms with Crippen LogP contribution in [0.4, 0.5) is 0 Å². The molecule has 2 aromatic carbocycles. The predicted molar refractivity (Wildman–Crippen MR) is 95.9 cm³/mol. The van der Waals surface area contributed by atoms with Gasteiger partial charge in [-0.3, -0.25) is 0 Å². The summed E-state index contributed by atoms with van der Waals surface area (Å²) in [6, 6.07) is 12.9. The Hall–Kier alpha value is -1.23. The van der Waals surface area contributed by atoms with E-state index in [-0.39, 0.29) is 21.2 Å². The average Bonchev–Trinajstić information content (AvgIpc) is 2.59. The maximum Gasteiger partial charge on any atom is 0.358 e. The highest BCUT2D eigenvalue weighted by Gasteiger charge is 2.22. The van der Waals surface area contributed by atoms with Crippen molar-refractivity contribution in [2.45, 2.75) is 46.5 Å². The first-order valence-electron chi connectivity index (χ1n) is 8.67. The van der Waals surface area contributed by atoms with E-state index in [2.05, 4.69) is 57.2 Å². The van der Waals surface area contributed by atoms with Crippen LogP contribution in [0.15, 0.2) is 36.4 Å². The lowest BCUT2D eigenvalue weighted by Crippen LogP contribution is -3.62. The largest absolute Gasteiger partial charge is 0.497 e. The topological polar surface area (TPSA) is 18.5 Å². The van der Waals surface area contributed by atoms with Gasteiger partial charge in [-0.05, 0) is 56.7 Å². The van der Waals surface area contributed by atoms with Crippen LogP contribution in [0.3, 0.4) is 0 Å². The van der Waals surface area contributed by atoms with Crippen molar-refractivity contribution in [3.8, 4) is 11.5 Å². The van der Waals surface area contributed by atoms with Gasteiger partial charge in [-0.25, -0.2) is 0 Å². The number of benzene rings is 2.